The number of nitrogens with zero attached hydrogens (tertiary/aromatic N) is 3. The number of carbonyl (C=O) groups is 2. The average molecular weight is 570 g/mol. The Morgan fingerprint density at radius 2 is 1.90 bits per heavy atom. The summed E-state index contributed by atoms with van der Waals surface area (Å²) in [4.78, 5) is 28.2. The van der Waals surface area contributed by atoms with Crippen molar-refractivity contribution < 1.29 is 23.8 Å². The maximum absolute atomic E-state index is 13.5. The maximum Gasteiger partial charge on any atom is 0.296 e. The molecule has 40 heavy (non-hydrogen) atoms. The lowest BCUT2D eigenvalue weighted by molar-refractivity contribution is -0.117. The second-order valence-electron chi connectivity index (χ2n) is 8.93. The highest BCUT2D eigenvalue weighted by Crippen LogP contribution is 2.44. The Kier molecular flexibility index (Phi) is 7.10. The topological polar surface area (TPSA) is 106 Å². The number of rotatable bonds is 9. The average Bonchev–Trinajstić information content (AvgIpc) is 3.73. The molecule has 3 heterocycles. The fraction of sp³-hybridized carbons (Fsp3) is 0.133. The molecule has 1 aliphatic rings. The van der Waals surface area contributed by atoms with Crippen molar-refractivity contribution in [1.82, 2.24) is 10.2 Å². The van der Waals surface area contributed by atoms with E-state index in [1.807, 2.05) is 25.1 Å². The van der Waals surface area contributed by atoms with Gasteiger partial charge < -0.3 is 14.3 Å². The largest absolute Gasteiger partial charge is 0.503 e. The predicted molar refractivity (Wildman–Crippen MR) is 154 cm³/mol. The number of hydrogen-bond donors (Lipinski definition) is 1. The molecule has 1 N–H and O–H groups in total. The fourth-order valence-electron chi connectivity index (χ4n) is 4.75. The van der Waals surface area contributed by atoms with Crippen molar-refractivity contribution in [2.75, 3.05) is 11.5 Å². The normalized spacial score (nSPS) is 15.3. The maximum atomic E-state index is 13.5. The summed E-state index contributed by atoms with van der Waals surface area (Å²) in [6.45, 7) is 2.32. The molecule has 0 saturated heterocycles. The van der Waals surface area contributed by atoms with Crippen LogP contribution in [0.2, 0.25) is 0 Å². The van der Waals surface area contributed by atoms with Crippen LogP contribution < -0.4 is 9.64 Å². The first kappa shape index (κ1) is 25.8. The minimum Gasteiger partial charge on any atom is -0.503 e. The third kappa shape index (κ3) is 4.76. The molecule has 0 aliphatic carbocycles. The molecular weight excluding hydrogens is 546 g/mol. The van der Waals surface area contributed by atoms with Crippen molar-refractivity contribution in [3.8, 4) is 5.75 Å². The standard InChI is InChI=1S/C30H23N3O5S2/c1-2-37-21-12-6-10-19(16-21)25-24(26(34)23-14-7-15-38-23)27(35)28(36)33(25)29-31-32-30(40-29)39-17-20-11-5-9-18-8-3-4-13-22(18)20/h3-16,25,35H,2,17H2,1H3. The van der Waals surface area contributed by atoms with Gasteiger partial charge in [-0.05, 0) is 53.1 Å². The van der Waals surface area contributed by atoms with E-state index in [1.165, 1.54) is 45.7 Å². The quantitative estimate of drug-likeness (QED) is 0.118. The van der Waals surface area contributed by atoms with Gasteiger partial charge in [0.25, 0.3) is 5.91 Å². The van der Waals surface area contributed by atoms with E-state index in [0.29, 0.717) is 28.0 Å². The van der Waals surface area contributed by atoms with E-state index >= 15 is 0 Å². The van der Waals surface area contributed by atoms with Gasteiger partial charge in [0.05, 0.1) is 24.5 Å². The summed E-state index contributed by atoms with van der Waals surface area (Å²) in [5.41, 5.74) is 1.65. The molecular formula is C30H23N3O5S2. The van der Waals surface area contributed by atoms with Crippen LogP contribution in [0, 0.1) is 0 Å². The molecule has 1 aliphatic heterocycles. The van der Waals surface area contributed by atoms with E-state index < -0.39 is 23.5 Å². The van der Waals surface area contributed by atoms with Crippen molar-refractivity contribution in [3.63, 3.8) is 0 Å². The molecule has 5 aromatic rings. The lowest BCUT2D eigenvalue weighted by Crippen LogP contribution is -2.31. The minimum atomic E-state index is -0.950. The van der Waals surface area contributed by atoms with Crippen LogP contribution in [0.4, 0.5) is 5.13 Å². The van der Waals surface area contributed by atoms with E-state index in [4.69, 9.17) is 9.15 Å². The van der Waals surface area contributed by atoms with E-state index in [1.54, 1.807) is 30.3 Å². The highest BCUT2D eigenvalue weighted by atomic mass is 32.2. The zero-order valence-corrected chi connectivity index (χ0v) is 22.9. The van der Waals surface area contributed by atoms with Crippen LogP contribution in [0.25, 0.3) is 10.8 Å². The van der Waals surface area contributed by atoms with E-state index in [0.717, 1.165) is 10.9 Å². The minimum absolute atomic E-state index is 0.0192. The van der Waals surface area contributed by atoms with Crippen molar-refractivity contribution in [3.05, 3.63) is 113 Å². The fourth-order valence-corrected chi connectivity index (χ4v) is 6.62. The van der Waals surface area contributed by atoms with Crippen LogP contribution in [0.3, 0.4) is 0 Å². The number of benzene rings is 3. The smallest absolute Gasteiger partial charge is 0.296 e. The molecule has 0 bridgehead atoms. The number of ether oxygens (including phenoxy) is 1. The van der Waals surface area contributed by atoms with Gasteiger partial charge in [-0.25, -0.2) is 0 Å². The number of carbonyl (C=O) groups excluding carboxylic acids is 2. The lowest BCUT2D eigenvalue weighted by atomic mass is 9.95. The van der Waals surface area contributed by atoms with E-state index in [2.05, 4.69) is 34.5 Å². The summed E-state index contributed by atoms with van der Waals surface area (Å²) in [6, 6.07) is 23.6. The molecule has 1 unspecified atom stereocenters. The van der Waals surface area contributed by atoms with E-state index in [-0.39, 0.29) is 16.5 Å². The van der Waals surface area contributed by atoms with Crippen molar-refractivity contribution in [2.24, 2.45) is 0 Å². The Hall–Kier alpha value is -4.41. The van der Waals surface area contributed by atoms with Gasteiger partial charge in [-0.1, -0.05) is 77.7 Å². The van der Waals surface area contributed by atoms with Crippen molar-refractivity contribution in [1.29, 1.82) is 0 Å². The van der Waals surface area contributed by atoms with Gasteiger partial charge in [0.15, 0.2) is 15.9 Å². The number of aromatic nitrogens is 2. The van der Waals surface area contributed by atoms with Crippen LogP contribution in [0.5, 0.6) is 5.75 Å². The molecule has 1 atom stereocenters. The summed E-state index contributed by atoms with van der Waals surface area (Å²) < 4.78 is 11.6. The predicted octanol–water partition coefficient (Wildman–Crippen LogP) is 6.76. The van der Waals surface area contributed by atoms with Gasteiger partial charge in [0.2, 0.25) is 10.9 Å². The highest BCUT2D eigenvalue weighted by molar-refractivity contribution is 8.00. The third-order valence-electron chi connectivity index (χ3n) is 6.52. The molecule has 0 radical (unpaired) electrons. The Morgan fingerprint density at radius 1 is 1.07 bits per heavy atom. The molecule has 6 rings (SSSR count). The van der Waals surface area contributed by atoms with Crippen molar-refractivity contribution in [2.45, 2.75) is 23.1 Å². The van der Waals surface area contributed by atoms with Gasteiger partial charge >= 0.3 is 0 Å². The number of ketones is 1. The molecule has 3 aromatic carbocycles. The van der Waals surface area contributed by atoms with Gasteiger partial charge in [0.1, 0.15) is 5.75 Å². The number of hydrogen-bond acceptors (Lipinski definition) is 9. The third-order valence-corrected chi connectivity index (χ3v) is 8.62. The van der Waals surface area contributed by atoms with E-state index in [9.17, 15) is 14.7 Å². The molecule has 200 valence electrons. The second-order valence-corrected chi connectivity index (χ2v) is 11.1. The van der Waals surface area contributed by atoms with Crippen LogP contribution in [0.1, 0.15) is 34.6 Å². The molecule has 0 fully saturated rings. The zero-order valence-electron chi connectivity index (χ0n) is 21.3. The summed E-state index contributed by atoms with van der Waals surface area (Å²) in [7, 11) is 0. The number of anilines is 1. The first-order chi connectivity index (χ1) is 19.5. The summed E-state index contributed by atoms with van der Waals surface area (Å²) in [5.74, 6) is -0.704. The number of Topliss-reactive ketones (excluding diaryl/α,β-unsaturated/α-hetero) is 1. The molecule has 1 amide bonds. The molecule has 10 heteroatoms. The van der Waals surface area contributed by atoms with Crippen molar-refractivity contribution >= 4 is 50.7 Å². The van der Waals surface area contributed by atoms with Gasteiger partial charge in [-0.3, -0.25) is 14.5 Å². The SMILES string of the molecule is CCOc1cccc(C2C(C(=O)c3ccco3)=C(O)C(=O)N2c2nnc(SCc3cccc4ccccc34)s2)c1. The van der Waals surface area contributed by atoms with Crippen LogP contribution >= 0.6 is 23.1 Å². The summed E-state index contributed by atoms with van der Waals surface area (Å²) in [6.07, 6.45) is 1.37. The van der Waals surface area contributed by atoms with Crippen LogP contribution in [-0.4, -0.2) is 33.6 Å². The number of fused-ring (bicyclic) bond motifs is 1. The monoisotopic (exact) mass is 569 g/mol. The summed E-state index contributed by atoms with van der Waals surface area (Å²) in [5, 5.41) is 22.2. The number of aliphatic hydroxyl groups excluding tert-OH is 1. The Bertz CT molecular complexity index is 1740. The second kappa shape index (κ2) is 11.0. The Morgan fingerprint density at radius 3 is 2.73 bits per heavy atom. The van der Waals surface area contributed by atoms with Gasteiger partial charge in [-0.15, -0.1) is 10.2 Å². The summed E-state index contributed by atoms with van der Waals surface area (Å²) >= 11 is 2.74. The first-order valence-electron chi connectivity index (χ1n) is 12.6. The Labute approximate surface area is 237 Å². The lowest BCUT2D eigenvalue weighted by Gasteiger charge is -2.24. The number of thioether (sulfide) groups is 1. The van der Waals surface area contributed by atoms with Gasteiger partial charge in [-0.2, -0.15) is 0 Å². The number of amides is 1. The zero-order chi connectivity index (χ0) is 27.6. The number of furan rings is 1. The Balaban J connectivity index is 1.34. The number of aliphatic hydroxyl groups is 1. The van der Waals surface area contributed by atoms with Gasteiger partial charge in [0, 0.05) is 5.75 Å². The first-order valence-corrected chi connectivity index (χ1v) is 14.4. The molecule has 2 aromatic heterocycles. The molecule has 0 saturated carbocycles. The molecule has 8 nitrogen and oxygen atoms in total. The van der Waals surface area contributed by atoms with Crippen LogP contribution in [-0.2, 0) is 10.5 Å². The highest BCUT2D eigenvalue weighted by Gasteiger charge is 2.46. The van der Waals surface area contributed by atoms with Crippen LogP contribution in [0.15, 0.2) is 105 Å². The molecule has 0 spiro atoms.